The number of fused-ring (bicyclic) bond motifs is 4. The zero-order valence-electron chi connectivity index (χ0n) is 16.3. The minimum Gasteiger partial charge on any atom is -0.455 e. The van der Waals surface area contributed by atoms with E-state index in [-0.39, 0.29) is 0 Å². The molecule has 6 rings (SSSR count). The Bertz CT molecular complexity index is 1510. The Kier molecular flexibility index (Phi) is 3.82. The van der Waals surface area contributed by atoms with Crippen LogP contribution in [0.2, 0.25) is 0 Å². The molecular formula is C28H19NO. The first-order chi connectivity index (χ1) is 14.8. The van der Waals surface area contributed by atoms with Gasteiger partial charge in [0.25, 0.3) is 0 Å². The Morgan fingerprint density at radius 3 is 2.17 bits per heavy atom. The highest BCUT2D eigenvalue weighted by atomic mass is 16.3. The molecule has 1 N–H and O–H groups in total. The van der Waals surface area contributed by atoms with Gasteiger partial charge in [0.1, 0.15) is 11.2 Å². The standard InChI is InChI=1S/C28H19NO/c1-2-7-21-18-23(17-12-19(21)6-1)29-22-15-13-20(14-16-22)24-9-5-10-26-25-8-3-4-11-27(25)30-28(24)26/h1-18,29H. The minimum atomic E-state index is 0.926. The zero-order chi connectivity index (χ0) is 19.9. The third-order valence-corrected chi connectivity index (χ3v) is 5.64. The average Bonchev–Trinajstić information content (AvgIpc) is 3.18. The molecular weight excluding hydrogens is 366 g/mol. The van der Waals surface area contributed by atoms with E-state index in [1.165, 1.54) is 10.8 Å². The molecule has 0 atom stereocenters. The lowest BCUT2D eigenvalue weighted by Crippen LogP contribution is -1.90. The van der Waals surface area contributed by atoms with E-state index >= 15 is 0 Å². The SMILES string of the molecule is c1ccc2cc(Nc3ccc(-c4cccc5c4oc4ccccc45)cc3)ccc2c1. The van der Waals surface area contributed by atoms with Gasteiger partial charge in [-0.05, 0) is 46.7 Å². The topological polar surface area (TPSA) is 25.2 Å². The lowest BCUT2D eigenvalue weighted by molar-refractivity contribution is 0.670. The van der Waals surface area contributed by atoms with Crippen molar-refractivity contribution in [1.29, 1.82) is 0 Å². The molecule has 0 radical (unpaired) electrons. The normalized spacial score (nSPS) is 11.3. The quantitative estimate of drug-likeness (QED) is 0.332. The maximum Gasteiger partial charge on any atom is 0.143 e. The summed E-state index contributed by atoms with van der Waals surface area (Å²) in [6, 6.07) is 37.9. The van der Waals surface area contributed by atoms with E-state index in [0.29, 0.717) is 0 Å². The molecule has 0 aliphatic carbocycles. The summed E-state index contributed by atoms with van der Waals surface area (Å²) in [6.45, 7) is 0. The summed E-state index contributed by atoms with van der Waals surface area (Å²) in [7, 11) is 0. The van der Waals surface area contributed by atoms with E-state index in [1.54, 1.807) is 0 Å². The van der Waals surface area contributed by atoms with Crippen LogP contribution in [0.3, 0.4) is 0 Å². The molecule has 0 unspecified atom stereocenters. The first-order valence-electron chi connectivity index (χ1n) is 10.1. The molecule has 1 heterocycles. The molecule has 0 saturated carbocycles. The van der Waals surface area contributed by atoms with E-state index in [1.807, 2.05) is 12.1 Å². The molecule has 0 spiro atoms. The molecule has 0 aliphatic heterocycles. The van der Waals surface area contributed by atoms with Crippen molar-refractivity contribution in [2.45, 2.75) is 0 Å². The zero-order valence-corrected chi connectivity index (χ0v) is 16.3. The monoisotopic (exact) mass is 385 g/mol. The molecule has 142 valence electrons. The lowest BCUT2D eigenvalue weighted by atomic mass is 10.0. The van der Waals surface area contributed by atoms with E-state index in [4.69, 9.17) is 4.42 Å². The maximum atomic E-state index is 6.19. The average molecular weight is 385 g/mol. The molecule has 2 heteroatoms. The Labute approximate surface area is 174 Å². The molecule has 0 aliphatic rings. The van der Waals surface area contributed by atoms with E-state index < -0.39 is 0 Å². The van der Waals surface area contributed by atoms with E-state index in [2.05, 4.69) is 102 Å². The van der Waals surface area contributed by atoms with Gasteiger partial charge in [-0.25, -0.2) is 0 Å². The summed E-state index contributed by atoms with van der Waals surface area (Å²) in [5.41, 5.74) is 6.26. The molecule has 30 heavy (non-hydrogen) atoms. The predicted octanol–water partition coefficient (Wildman–Crippen LogP) is 8.15. The van der Waals surface area contributed by atoms with Gasteiger partial charge in [0.15, 0.2) is 0 Å². The van der Waals surface area contributed by atoms with Crippen LogP contribution in [0.25, 0.3) is 43.8 Å². The highest BCUT2D eigenvalue weighted by molar-refractivity contribution is 6.09. The number of hydrogen-bond donors (Lipinski definition) is 1. The fraction of sp³-hybridized carbons (Fsp3) is 0. The Hall–Kier alpha value is -4.04. The molecule has 0 bridgehead atoms. The summed E-state index contributed by atoms with van der Waals surface area (Å²) >= 11 is 0. The van der Waals surface area contributed by atoms with Crippen molar-refractivity contribution in [1.82, 2.24) is 0 Å². The Morgan fingerprint density at radius 2 is 1.27 bits per heavy atom. The third-order valence-electron chi connectivity index (χ3n) is 5.64. The van der Waals surface area contributed by atoms with Crippen molar-refractivity contribution < 1.29 is 4.42 Å². The first kappa shape index (κ1) is 16.9. The molecule has 6 aromatic rings. The van der Waals surface area contributed by atoms with Crippen LogP contribution in [-0.4, -0.2) is 0 Å². The fourth-order valence-electron chi connectivity index (χ4n) is 4.14. The lowest BCUT2D eigenvalue weighted by Gasteiger charge is -2.09. The highest BCUT2D eigenvalue weighted by Gasteiger charge is 2.11. The van der Waals surface area contributed by atoms with Crippen LogP contribution in [0.15, 0.2) is 114 Å². The van der Waals surface area contributed by atoms with Crippen LogP contribution in [0.4, 0.5) is 11.4 Å². The van der Waals surface area contributed by atoms with Crippen LogP contribution >= 0.6 is 0 Å². The number of furan rings is 1. The van der Waals surface area contributed by atoms with E-state index in [9.17, 15) is 0 Å². The van der Waals surface area contributed by atoms with Gasteiger partial charge in [0.2, 0.25) is 0 Å². The molecule has 2 nitrogen and oxygen atoms in total. The van der Waals surface area contributed by atoms with Crippen molar-refractivity contribution in [3.8, 4) is 11.1 Å². The predicted molar refractivity (Wildman–Crippen MR) is 126 cm³/mol. The molecule has 0 fully saturated rings. The van der Waals surface area contributed by atoms with Gasteiger partial charge in [0.05, 0.1) is 0 Å². The minimum absolute atomic E-state index is 0.926. The van der Waals surface area contributed by atoms with Crippen LogP contribution < -0.4 is 5.32 Å². The number of hydrogen-bond acceptors (Lipinski definition) is 2. The Balaban J connectivity index is 1.35. The fourth-order valence-corrected chi connectivity index (χ4v) is 4.14. The molecule has 0 saturated heterocycles. The van der Waals surface area contributed by atoms with Gasteiger partial charge in [-0.3, -0.25) is 0 Å². The highest BCUT2D eigenvalue weighted by Crippen LogP contribution is 2.36. The number of para-hydroxylation sites is 2. The van der Waals surface area contributed by atoms with Gasteiger partial charge in [-0.15, -0.1) is 0 Å². The molecule has 0 amide bonds. The van der Waals surface area contributed by atoms with Crippen molar-refractivity contribution in [2.75, 3.05) is 5.32 Å². The largest absolute Gasteiger partial charge is 0.455 e. The summed E-state index contributed by atoms with van der Waals surface area (Å²) < 4.78 is 6.19. The molecule has 5 aromatic carbocycles. The number of anilines is 2. The van der Waals surface area contributed by atoms with Crippen LogP contribution in [0.5, 0.6) is 0 Å². The number of nitrogens with one attached hydrogen (secondary N) is 1. The Morgan fingerprint density at radius 1 is 0.533 bits per heavy atom. The van der Waals surface area contributed by atoms with Crippen LogP contribution in [-0.2, 0) is 0 Å². The van der Waals surface area contributed by atoms with Crippen LogP contribution in [0.1, 0.15) is 0 Å². The summed E-state index contributed by atoms with van der Waals surface area (Å²) in [4.78, 5) is 0. The summed E-state index contributed by atoms with van der Waals surface area (Å²) in [6.07, 6.45) is 0. The third kappa shape index (κ3) is 2.82. The van der Waals surface area contributed by atoms with E-state index in [0.717, 1.165) is 44.4 Å². The van der Waals surface area contributed by atoms with Crippen molar-refractivity contribution in [3.63, 3.8) is 0 Å². The second-order valence-corrected chi connectivity index (χ2v) is 7.54. The van der Waals surface area contributed by atoms with Gasteiger partial charge in [-0.2, -0.15) is 0 Å². The second kappa shape index (κ2) is 6.78. The van der Waals surface area contributed by atoms with Crippen molar-refractivity contribution in [3.05, 3.63) is 109 Å². The number of rotatable bonds is 3. The second-order valence-electron chi connectivity index (χ2n) is 7.54. The molecule has 1 aromatic heterocycles. The smallest absolute Gasteiger partial charge is 0.143 e. The first-order valence-corrected chi connectivity index (χ1v) is 10.1. The number of benzene rings is 5. The van der Waals surface area contributed by atoms with Gasteiger partial charge < -0.3 is 9.73 Å². The maximum absolute atomic E-state index is 6.19. The van der Waals surface area contributed by atoms with Crippen molar-refractivity contribution >= 4 is 44.1 Å². The van der Waals surface area contributed by atoms with Gasteiger partial charge in [0, 0.05) is 27.7 Å². The summed E-state index contributed by atoms with van der Waals surface area (Å²) in [5, 5.41) is 8.30. The van der Waals surface area contributed by atoms with Crippen LogP contribution in [0, 0.1) is 0 Å². The van der Waals surface area contributed by atoms with Crippen molar-refractivity contribution in [2.24, 2.45) is 0 Å². The van der Waals surface area contributed by atoms with Gasteiger partial charge in [-0.1, -0.05) is 78.9 Å². The van der Waals surface area contributed by atoms with Gasteiger partial charge >= 0.3 is 0 Å². The summed E-state index contributed by atoms with van der Waals surface area (Å²) in [5.74, 6) is 0.